The third kappa shape index (κ3) is 10.5. The smallest absolute Gasteiger partial charge is 0.0344 e. The minimum Gasteiger partial charge on any atom is -0.380 e. The fourth-order valence-corrected chi connectivity index (χ4v) is 2.63. The molecule has 0 amide bonds. The van der Waals surface area contributed by atoms with Crippen molar-refractivity contribution < 1.29 is 0 Å². The van der Waals surface area contributed by atoms with Crippen molar-refractivity contribution in [1.82, 2.24) is 5.32 Å². The van der Waals surface area contributed by atoms with Crippen molar-refractivity contribution in [3.05, 3.63) is 48.2 Å². The largest absolute Gasteiger partial charge is 0.380 e. The molecule has 0 atom stereocenters. The van der Waals surface area contributed by atoms with Crippen LogP contribution in [0.3, 0.4) is 0 Å². The first-order valence-corrected chi connectivity index (χ1v) is 9.46. The molecule has 0 saturated carbocycles. The maximum atomic E-state index is 4.25. The molecule has 0 aromatic heterocycles. The average Bonchev–Trinajstić information content (AvgIpc) is 2.47. The highest BCUT2D eigenvalue weighted by molar-refractivity contribution is 5.39. The van der Waals surface area contributed by atoms with Crippen LogP contribution in [-0.4, -0.2) is 5.54 Å². The van der Waals surface area contributed by atoms with Gasteiger partial charge in [-0.2, -0.15) is 0 Å². The van der Waals surface area contributed by atoms with E-state index in [0.29, 0.717) is 5.41 Å². The van der Waals surface area contributed by atoms with E-state index in [-0.39, 0.29) is 5.54 Å². The van der Waals surface area contributed by atoms with Gasteiger partial charge in [0.05, 0.1) is 0 Å². The van der Waals surface area contributed by atoms with Gasteiger partial charge in [0.1, 0.15) is 0 Å². The molecule has 0 unspecified atom stereocenters. The highest BCUT2D eigenvalue weighted by atomic mass is 15.0. The zero-order chi connectivity index (χ0) is 18.8. The number of rotatable bonds is 11. The van der Waals surface area contributed by atoms with Crippen LogP contribution in [0.1, 0.15) is 81.1 Å². The van der Waals surface area contributed by atoms with Crippen LogP contribution in [0, 0.1) is 11.3 Å². The summed E-state index contributed by atoms with van der Waals surface area (Å²) in [5.41, 5.74) is 2.58. The molecule has 0 aliphatic carbocycles. The first kappa shape index (κ1) is 22.8. The van der Waals surface area contributed by atoms with E-state index in [1.807, 2.05) is 19.9 Å². The quantitative estimate of drug-likeness (QED) is 0.395. The highest BCUT2D eigenvalue weighted by Gasteiger charge is 2.25. The van der Waals surface area contributed by atoms with E-state index in [9.17, 15) is 0 Å². The number of allylic oxidation sites excluding steroid dienone is 5. The molecule has 0 saturated heterocycles. The molecule has 0 spiro atoms. The van der Waals surface area contributed by atoms with Gasteiger partial charge < -0.3 is 5.32 Å². The van der Waals surface area contributed by atoms with E-state index in [2.05, 4.69) is 77.7 Å². The van der Waals surface area contributed by atoms with E-state index in [1.54, 1.807) is 0 Å². The van der Waals surface area contributed by atoms with Crippen LogP contribution >= 0.6 is 0 Å². The van der Waals surface area contributed by atoms with Gasteiger partial charge in [0.2, 0.25) is 0 Å². The van der Waals surface area contributed by atoms with Gasteiger partial charge in [-0.1, -0.05) is 71.1 Å². The molecular formula is C23H41N. The van der Waals surface area contributed by atoms with Gasteiger partial charge in [-0.15, -0.1) is 0 Å². The molecule has 24 heavy (non-hydrogen) atoms. The van der Waals surface area contributed by atoms with Crippen molar-refractivity contribution in [3.8, 4) is 0 Å². The molecule has 0 aliphatic rings. The Kier molecular flexibility index (Phi) is 10.0. The lowest BCUT2D eigenvalue weighted by atomic mass is 9.78. The fraction of sp³-hybridized carbons (Fsp3) is 0.652. The normalized spacial score (nSPS) is 14.1. The van der Waals surface area contributed by atoms with Crippen LogP contribution in [-0.2, 0) is 0 Å². The maximum Gasteiger partial charge on any atom is 0.0344 e. The van der Waals surface area contributed by atoms with Crippen molar-refractivity contribution in [2.24, 2.45) is 11.3 Å². The molecule has 1 nitrogen and oxygen atoms in total. The monoisotopic (exact) mass is 331 g/mol. The zero-order valence-electron chi connectivity index (χ0n) is 17.5. The van der Waals surface area contributed by atoms with Crippen LogP contribution in [0.25, 0.3) is 0 Å². The minimum atomic E-state index is 0.0444. The topological polar surface area (TPSA) is 12.0 Å². The molecule has 0 bridgehead atoms. The summed E-state index contributed by atoms with van der Waals surface area (Å²) < 4.78 is 0. The second-order valence-corrected chi connectivity index (χ2v) is 8.73. The summed E-state index contributed by atoms with van der Waals surface area (Å²) in [4.78, 5) is 0. The van der Waals surface area contributed by atoms with E-state index < -0.39 is 0 Å². The first-order chi connectivity index (χ1) is 11.0. The molecule has 138 valence electrons. The minimum absolute atomic E-state index is 0.0444. The molecule has 1 N–H and O–H groups in total. The first-order valence-electron chi connectivity index (χ1n) is 9.46. The predicted octanol–water partition coefficient (Wildman–Crippen LogP) is 7.19. The summed E-state index contributed by atoms with van der Waals surface area (Å²) in [6, 6.07) is 0. The third-order valence-corrected chi connectivity index (χ3v) is 4.48. The van der Waals surface area contributed by atoms with Crippen molar-refractivity contribution in [2.45, 2.75) is 86.6 Å². The number of nitrogens with one attached hydrogen (secondary N) is 1. The highest BCUT2D eigenvalue weighted by Crippen LogP contribution is 2.32. The standard InChI is InChI=1S/C23H41N/c1-10-12-14-21(13-11-2)20(5)24-23(8,9)18-17-22(6,7)16-15-19(3)4/h10-14,19,24H,5,15-18H2,1-4,6-9H3/b12-10-,13-11-,21-14+. The van der Waals surface area contributed by atoms with E-state index >= 15 is 0 Å². The molecule has 0 aromatic carbocycles. The Morgan fingerprint density at radius 1 is 1.00 bits per heavy atom. The summed E-state index contributed by atoms with van der Waals surface area (Å²) in [5.74, 6) is 0.787. The molecule has 0 rings (SSSR count). The van der Waals surface area contributed by atoms with Crippen molar-refractivity contribution in [2.75, 3.05) is 0 Å². The predicted molar refractivity (Wildman–Crippen MR) is 111 cm³/mol. The summed E-state index contributed by atoms with van der Waals surface area (Å²) in [5, 5.41) is 3.64. The van der Waals surface area contributed by atoms with Gasteiger partial charge >= 0.3 is 0 Å². The van der Waals surface area contributed by atoms with Gasteiger partial charge in [0.15, 0.2) is 0 Å². The molecule has 0 fully saturated rings. The van der Waals surface area contributed by atoms with Crippen molar-refractivity contribution in [3.63, 3.8) is 0 Å². The van der Waals surface area contributed by atoms with Crippen LogP contribution in [0.2, 0.25) is 0 Å². The Hall–Kier alpha value is -1.24. The number of hydrogen-bond donors (Lipinski definition) is 1. The van der Waals surface area contributed by atoms with E-state index in [1.165, 1.54) is 19.3 Å². The van der Waals surface area contributed by atoms with Crippen LogP contribution in [0.4, 0.5) is 0 Å². The Bertz CT molecular complexity index is 458. The van der Waals surface area contributed by atoms with E-state index in [0.717, 1.165) is 23.6 Å². The summed E-state index contributed by atoms with van der Waals surface area (Å²) in [6.07, 6.45) is 15.4. The zero-order valence-corrected chi connectivity index (χ0v) is 17.5. The number of hydrogen-bond acceptors (Lipinski definition) is 1. The third-order valence-electron chi connectivity index (χ3n) is 4.48. The molecule has 0 radical (unpaired) electrons. The Labute approximate surface area is 152 Å². The van der Waals surface area contributed by atoms with Crippen LogP contribution in [0.5, 0.6) is 0 Å². The Morgan fingerprint density at radius 2 is 1.62 bits per heavy atom. The van der Waals surface area contributed by atoms with Gasteiger partial charge in [-0.3, -0.25) is 0 Å². The van der Waals surface area contributed by atoms with E-state index in [4.69, 9.17) is 0 Å². The molecule has 0 aromatic rings. The Balaban J connectivity index is 4.74. The Morgan fingerprint density at radius 3 is 2.12 bits per heavy atom. The van der Waals surface area contributed by atoms with Crippen LogP contribution in [0.15, 0.2) is 48.2 Å². The van der Waals surface area contributed by atoms with Gasteiger partial charge in [-0.05, 0) is 63.9 Å². The van der Waals surface area contributed by atoms with Crippen molar-refractivity contribution >= 4 is 0 Å². The lowest BCUT2D eigenvalue weighted by Crippen LogP contribution is -2.39. The summed E-state index contributed by atoms with van der Waals surface area (Å²) >= 11 is 0. The fourth-order valence-electron chi connectivity index (χ4n) is 2.63. The SMILES string of the molecule is C=C(NC(C)(C)CCC(C)(C)CCC(C)C)C(/C=C\C)=C/C=C\C. The summed E-state index contributed by atoms with van der Waals surface area (Å²) in [7, 11) is 0. The molecule has 0 aliphatic heterocycles. The second kappa shape index (κ2) is 10.6. The van der Waals surface area contributed by atoms with Crippen LogP contribution < -0.4 is 5.32 Å². The molecular weight excluding hydrogens is 290 g/mol. The maximum absolute atomic E-state index is 4.25. The lowest BCUT2D eigenvalue weighted by molar-refractivity contribution is 0.239. The lowest BCUT2D eigenvalue weighted by Gasteiger charge is -2.34. The van der Waals surface area contributed by atoms with Gasteiger partial charge in [-0.25, -0.2) is 0 Å². The van der Waals surface area contributed by atoms with Crippen molar-refractivity contribution in [1.29, 1.82) is 0 Å². The second-order valence-electron chi connectivity index (χ2n) is 8.73. The summed E-state index contributed by atoms with van der Waals surface area (Å²) in [6.45, 7) is 22.3. The molecule has 0 heterocycles. The average molecular weight is 332 g/mol. The molecule has 1 heteroatoms. The van der Waals surface area contributed by atoms with Gasteiger partial charge in [0, 0.05) is 11.2 Å². The van der Waals surface area contributed by atoms with Gasteiger partial charge in [0.25, 0.3) is 0 Å².